The van der Waals surface area contributed by atoms with Crippen LogP contribution in [0.15, 0.2) is 30.3 Å². The molecule has 1 aromatic rings. The van der Waals surface area contributed by atoms with E-state index in [9.17, 15) is 15.2 Å². The Kier molecular flexibility index (Phi) is 12.2. The number of rotatable bonds is 16. The van der Waals surface area contributed by atoms with Gasteiger partial charge in [0.25, 0.3) is 0 Å². The highest BCUT2D eigenvalue weighted by molar-refractivity contribution is 8.00. The van der Waals surface area contributed by atoms with Crippen LogP contribution in [0.5, 0.6) is 0 Å². The number of nitrogens with zero attached hydrogens (tertiary/aromatic N) is 1. The van der Waals surface area contributed by atoms with Crippen LogP contribution in [0, 0.1) is 33.0 Å². The van der Waals surface area contributed by atoms with E-state index in [1.54, 1.807) is 0 Å². The molecule has 0 aromatic heterocycles. The summed E-state index contributed by atoms with van der Waals surface area (Å²) in [7, 11) is 1.50. The van der Waals surface area contributed by atoms with Gasteiger partial charge in [0.2, 0.25) is 0 Å². The molecule has 5 heteroatoms. The Morgan fingerprint density at radius 1 is 1.03 bits per heavy atom. The fourth-order valence-electron chi connectivity index (χ4n) is 5.86. The molecule has 0 bridgehead atoms. The van der Waals surface area contributed by atoms with E-state index in [4.69, 9.17) is 4.74 Å². The van der Waals surface area contributed by atoms with Crippen molar-refractivity contribution in [2.24, 2.45) is 21.7 Å². The normalized spacial score (nSPS) is 18.1. The SMILES string of the molecule is CCC(C)(CC(c1ccccc1)C(C)(C)CC(C)(C(=O)OC)C(C)(CC)SCCCCO)C(C)(C)C#N. The monoisotopic (exact) mass is 531 g/mol. The van der Waals surface area contributed by atoms with Gasteiger partial charge in [0.05, 0.1) is 24.0 Å². The van der Waals surface area contributed by atoms with Crippen LogP contribution in [0.1, 0.15) is 112 Å². The fraction of sp³-hybridized carbons (Fsp3) is 0.750. The Morgan fingerprint density at radius 2 is 1.62 bits per heavy atom. The summed E-state index contributed by atoms with van der Waals surface area (Å²) in [5.74, 6) is 0.877. The first kappa shape index (κ1) is 33.5. The van der Waals surface area contributed by atoms with Gasteiger partial charge in [0.15, 0.2) is 0 Å². The number of benzene rings is 1. The number of carbonyl (C=O) groups is 1. The van der Waals surface area contributed by atoms with Crippen molar-refractivity contribution in [1.82, 2.24) is 0 Å². The number of ether oxygens (including phenoxy) is 1. The zero-order valence-corrected chi connectivity index (χ0v) is 26.1. The Labute approximate surface area is 232 Å². The second-order valence-electron chi connectivity index (χ2n) is 12.7. The van der Waals surface area contributed by atoms with Crippen molar-refractivity contribution in [2.45, 2.75) is 112 Å². The van der Waals surface area contributed by atoms with E-state index in [0.717, 1.165) is 37.9 Å². The first-order valence-electron chi connectivity index (χ1n) is 13.9. The number of aliphatic hydroxyl groups excluding tert-OH is 1. The predicted molar refractivity (Wildman–Crippen MR) is 158 cm³/mol. The van der Waals surface area contributed by atoms with Gasteiger partial charge in [-0.2, -0.15) is 17.0 Å². The van der Waals surface area contributed by atoms with E-state index in [-0.39, 0.29) is 34.1 Å². The molecule has 0 saturated heterocycles. The lowest BCUT2D eigenvalue weighted by molar-refractivity contribution is -0.156. The van der Waals surface area contributed by atoms with Crippen LogP contribution in [0.4, 0.5) is 0 Å². The zero-order valence-electron chi connectivity index (χ0n) is 25.2. The number of methoxy groups -OCH3 is 1. The van der Waals surface area contributed by atoms with Gasteiger partial charge < -0.3 is 9.84 Å². The molecule has 0 spiro atoms. The third-order valence-electron chi connectivity index (χ3n) is 9.63. The standard InChI is InChI=1S/C32H53NO3S/c1-11-30(7,29(5,6)24-33)22-26(25-18-14-13-15-19-25)28(3,4)23-31(8,27(35)36-10)32(9,12-2)37-21-17-16-20-34/h13-15,18-19,26,34H,11-12,16-17,20-23H2,1-10H3. The van der Waals surface area contributed by atoms with E-state index in [1.165, 1.54) is 12.7 Å². The average Bonchev–Trinajstić information content (AvgIpc) is 2.88. The largest absolute Gasteiger partial charge is 0.469 e. The Hall–Kier alpha value is -1.51. The molecule has 4 atom stereocenters. The van der Waals surface area contributed by atoms with E-state index < -0.39 is 10.8 Å². The summed E-state index contributed by atoms with van der Waals surface area (Å²) in [5.41, 5.74) is -0.411. The molecule has 1 aromatic carbocycles. The van der Waals surface area contributed by atoms with Gasteiger partial charge in [-0.05, 0) is 94.3 Å². The van der Waals surface area contributed by atoms with Crippen LogP contribution >= 0.6 is 11.8 Å². The molecule has 0 saturated carbocycles. The van der Waals surface area contributed by atoms with Gasteiger partial charge in [0.1, 0.15) is 0 Å². The minimum absolute atomic E-state index is 0.149. The predicted octanol–water partition coefficient (Wildman–Crippen LogP) is 8.40. The van der Waals surface area contributed by atoms with Crippen LogP contribution in [0.2, 0.25) is 0 Å². The lowest BCUT2D eigenvalue weighted by Gasteiger charge is -2.51. The molecule has 0 fully saturated rings. The molecule has 210 valence electrons. The highest BCUT2D eigenvalue weighted by atomic mass is 32.2. The van der Waals surface area contributed by atoms with Gasteiger partial charge >= 0.3 is 5.97 Å². The molecule has 1 N–H and O–H groups in total. The number of hydrogen-bond donors (Lipinski definition) is 1. The molecule has 4 unspecified atom stereocenters. The first-order chi connectivity index (χ1) is 17.1. The minimum Gasteiger partial charge on any atom is -0.469 e. The van der Waals surface area contributed by atoms with Gasteiger partial charge in [-0.1, -0.05) is 65.0 Å². The van der Waals surface area contributed by atoms with Gasteiger partial charge in [-0.15, -0.1) is 0 Å². The van der Waals surface area contributed by atoms with Gasteiger partial charge in [-0.3, -0.25) is 4.79 Å². The molecule has 0 aliphatic rings. The van der Waals surface area contributed by atoms with E-state index >= 15 is 0 Å². The summed E-state index contributed by atoms with van der Waals surface area (Å²) >= 11 is 1.83. The number of aliphatic hydroxyl groups is 1. The van der Waals surface area contributed by atoms with Crippen molar-refractivity contribution < 1.29 is 14.6 Å². The molecule has 0 amide bonds. The number of nitriles is 1. The van der Waals surface area contributed by atoms with Crippen LogP contribution in [0.3, 0.4) is 0 Å². The topological polar surface area (TPSA) is 70.3 Å². The number of thioether (sulfide) groups is 1. The molecular formula is C32H53NO3S. The highest BCUT2D eigenvalue weighted by Crippen LogP contribution is 2.58. The van der Waals surface area contributed by atoms with Crippen molar-refractivity contribution >= 4 is 17.7 Å². The second-order valence-corrected chi connectivity index (χ2v) is 14.3. The van der Waals surface area contributed by atoms with E-state index in [1.807, 2.05) is 17.8 Å². The molecule has 0 aliphatic carbocycles. The minimum atomic E-state index is -0.718. The second kappa shape index (κ2) is 13.5. The molecule has 37 heavy (non-hydrogen) atoms. The smallest absolute Gasteiger partial charge is 0.312 e. The lowest BCUT2D eigenvalue weighted by Crippen LogP contribution is -2.51. The number of unbranched alkanes of at least 4 members (excludes halogenated alkanes) is 1. The molecule has 0 radical (unpaired) electrons. The maximum absolute atomic E-state index is 13.6. The quantitative estimate of drug-likeness (QED) is 0.171. The van der Waals surface area contributed by atoms with Crippen molar-refractivity contribution in [3.8, 4) is 6.07 Å². The maximum Gasteiger partial charge on any atom is 0.312 e. The van der Waals surface area contributed by atoms with Crippen LogP contribution < -0.4 is 0 Å². The highest BCUT2D eigenvalue weighted by Gasteiger charge is 2.55. The Balaban J connectivity index is 3.61. The summed E-state index contributed by atoms with van der Waals surface area (Å²) < 4.78 is 5.16. The van der Waals surface area contributed by atoms with Gasteiger partial charge in [0, 0.05) is 11.4 Å². The zero-order chi connectivity index (χ0) is 28.5. The third-order valence-corrected chi connectivity index (χ3v) is 11.5. The van der Waals surface area contributed by atoms with Gasteiger partial charge in [-0.25, -0.2) is 0 Å². The lowest BCUT2D eigenvalue weighted by atomic mass is 9.55. The number of esters is 1. The van der Waals surface area contributed by atoms with E-state index in [2.05, 4.69) is 92.6 Å². The summed E-state index contributed by atoms with van der Waals surface area (Å²) in [6.45, 7) is 19.8. The summed E-state index contributed by atoms with van der Waals surface area (Å²) in [4.78, 5) is 13.6. The van der Waals surface area contributed by atoms with Crippen LogP contribution in [0.25, 0.3) is 0 Å². The number of hydrogen-bond acceptors (Lipinski definition) is 5. The van der Waals surface area contributed by atoms with Crippen molar-refractivity contribution in [1.29, 1.82) is 5.26 Å². The van der Waals surface area contributed by atoms with Crippen molar-refractivity contribution in [3.63, 3.8) is 0 Å². The molecule has 0 aliphatic heterocycles. The van der Waals surface area contributed by atoms with Crippen LogP contribution in [-0.4, -0.2) is 35.3 Å². The average molecular weight is 532 g/mol. The summed E-state index contributed by atoms with van der Waals surface area (Å²) in [6.07, 6.45) is 4.94. The molecule has 1 rings (SSSR count). The molecule has 0 heterocycles. The first-order valence-corrected chi connectivity index (χ1v) is 14.9. The number of carbonyl (C=O) groups excluding carboxylic acids is 1. The van der Waals surface area contributed by atoms with Crippen molar-refractivity contribution in [3.05, 3.63) is 35.9 Å². The summed E-state index contributed by atoms with van der Waals surface area (Å²) in [5, 5.41) is 19.3. The van der Waals surface area contributed by atoms with E-state index in [0.29, 0.717) is 6.42 Å². The molecular weight excluding hydrogens is 478 g/mol. The van der Waals surface area contributed by atoms with Crippen molar-refractivity contribution in [2.75, 3.05) is 19.5 Å². The Bertz CT molecular complexity index is 893. The third kappa shape index (κ3) is 7.54. The fourth-order valence-corrected chi connectivity index (χ4v) is 7.33. The summed E-state index contributed by atoms with van der Waals surface area (Å²) in [6, 6.07) is 13.2. The van der Waals surface area contributed by atoms with Crippen LogP contribution in [-0.2, 0) is 9.53 Å². The molecule has 4 nitrogen and oxygen atoms in total. The Morgan fingerprint density at radius 3 is 2.08 bits per heavy atom. The maximum atomic E-state index is 13.6.